The Bertz CT molecular complexity index is 568. The number of hydrogen-bond donors (Lipinski definition) is 2. The molecule has 3 N–H and O–H groups in total. The van der Waals surface area contributed by atoms with E-state index in [4.69, 9.17) is 11.0 Å². The Morgan fingerprint density at radius 1 is 1.39 bits per heavy atom. The van der Waals surface area contributed by atoms with Crippen molar-refractivity contribution in [3.8, 4) is 11.8 Å². The zero-order valence-corrected chi connectivity index (χ0v) is 9.94. The van der Waals surface area contributed by atoms with Gasteiger partial charge in [0, 0.05) is 0 Å². The molecule has 4 nitrogen and oxygen atoms in total. The normalized spacial score (nSPS) is 14.7. The average molecular weight is 242 g/mol. The van der Waals surface area contributed by atoms with E-state index in [1.165, 1.54) is 6.08 Å². The van der Waals surface area contributed by atoms with Gasteiger partial charge in [-0.25, -0.2) is 0 Å². The highest BCUT2D eigenvalue weighted by molar-refractivity contribution is 6.00. The second-order valence-corrected chi connectivity index (χ2v) is 4.42. The maximum absolute atomic E-state index is 11.0. The van der Waals surface area contributed by atoms with Crippen molar-refractivity contribution >= 4 is 12.0 Å². The highest BCUT2D eigenvalue weighted by Crippen LogP contribution is 2.31. The summed E-state index contributed by atoms with van der Waals surface area (Å²) in [5.41, 5.74) is 7.69. The number of amides is 1. The van der Waals surface area contributed by atoms with Gasteiger partial charge >= 0.3 is 0 Å². The van der Waals surface area contributed by atoms with Crippen molar-refractivity contribution in [2.45, 2.75) is 25.7 Å². The Morgan fingerprint density at radius 3 is 2.78 bits per heavy atom. The number of nitrogens with two attached hydrogens (primary N) is 1. The van der Waals surface area contributed by atoms with Gasteiger partial charge in [-0.1, -0.05) is 6.07 Å². The quantitative estimate of drug-likeness (QED) is 0.610. The van der Waals surface area contributed by atoms with Gasteiger partial charge in [0.15, 0.2) is 0 Å². The molecule has 0 aliphatic heterocycles. The van der Waals surface area contributed by atoms with Crippen molar-refractivity contribution in [2.24, 2.45) is 5.73 Å². The molecule has 0 unspecified atom stereocenters. The highest BCUT2D eigenvalue weighted by atomic mass is 16.3. The third kappa shape index (κ3) is 2.35. The van der Waals surface area contributed by atoms with Crippen LogP contribution in [0.5, 0.6) is 5.75 Å². The molecule has 4 heteroatoms. The van der Waals surface area contributed by atoms with Crippen LogP contribution in [0.1, 0.15) is 29.5 Å². The fourth-order valence-electron chi connectivity index (χ4n) is 2.28. The van der Waals surface area contributed by atoms with Crippen LogP contribution in [0.3, 0.4) is 0 Å². The van der Waals surface area contributed by atoms with E-state index in [1.807, 2.05) is 6.07 Å². The van der Waals surface area contributed by atoms with Crippen molar-refractivity contribution in [2.75, 3.05) is 0 Å². The van der Waals surface area contributed by atoms with E-state index in [0.717, 1.165) is 36.8 Å². The summed E-state index contributed by atoms with van der Waals surface area (Å²) in [7, 11) is 0. The minimum Gasteiger partial charge on any atom is -0.508 e. The van der Waals surface area contributed by atoms with Gasteiger partial charge in [0.1, 0.15) is 17.4 Å². The predicted octanol–water partition coefficient (Wildman–Crippen LogP) is 1.66. The topological polar surface area (TPSA) is 87.1 Å². The zero-order valence-electron chi connectivity index (χ0n) is 9.94. The second-order valence-electron chi connectivity index (χ2n) is 4.42. The van der Waals surface area contributed by atoms with Crippen LogP contribution in [0.2, 0.25) is 0 Å². The molecule has 92 valence electrons. The molecule has 0 bridgehead atoms. The maximum atomic E-state index is 11.0. The van der Waals surface area contributed by atoms with Gasteiger partial charge < -0.3 is 10.8 Å². The number of hydrogen-bond acceptors (Lipinski definition) is 3. The van der Waals surface area contributed by atoms with Crippen LogP contribution in [0.4, 0.5) is 0 Å². The number of fused-ring (bicyclic) bond motifs is 1. The lowest BCUT2D eigenvalue weighted by Gasteiger charge is -2.17. The highest BCUT2D eigenvalue weighted by Gasteiger charge is 2.14. The summed E-state index contributed by atoms with van der Waals surface area (Å²) in [5, 5.41) is 18.7. The van der Waals surface area contributed by atoms with E-state index in [1.54, 1.807) is 12.1 Å². The summed E-state index contributed by atoms with van der Waals surface area (Å²) in [5.74, 6) is -0.519. The fraction of sp³-hybridized carbons (Fsp3) is 0.286. The Labute approximate surface area is 105 Å². The van der Waals surface area contributed by atoms with Crippen LogP contribution < -0.4 is 5.73 Å². The van der Waals surface area contributed by atoms with Crippen LogP contribution in [0, 0.1) is 11.3 Å². The lowest BCUT2D eigenvalue weighted by Crippen LogP contribution is -2.12. The molecule has 0 heterocycles. The number of carbonyl (C=O) groups excluding carboxylic acids is 1. The smallest absolute Gasteiger partial charge is 0.259 e. The summed E-state index contributed by atoms with van der Waals surface area (Å²) in [6.45, 7) is 0. The zero-order chi connectivity index (χ0) is 13.1. The van der Waals surface area contributed by atoms with Gasteiger partial charge in [-0.05, 0) is 54.5 Å². The van der Waals surface area contributed by atoms with E-state index in [-0.39, 0.29) is 11.3 Å². The Kier molecular flexibility index (Phi) is 3.33. The maximum Gasteiger partial charge on any atom is 0.259 e. The first-order valence-electron chi connectivity index (χ1n) is 5.88. The number of carbonyl (C=O) groups is 1. The minimum atomic E-state index is -0.755. The molecule has 0 saturated carbocycles. The number of aryl methyl sites for hydroxylation is 1. The fourth-order valence-corrected chi connectivity index (χ4v) is 2.28. The molecule has 0 spiro atoms. The molecule has 0 saturated heterocycles. The van der Waals surface area contributed by atoms with Crippen LogP contribution >= 0.6 is 0 Å². The summed E-state index contributed by atoms with van der Waals surface area (Å²) < 4.78 is 0. The number of rotatable bonds is 2. The molecular formula is C14H14N2O2. The van der Waals surface area contributed by atoms with Gasteiger partial charge in [0.25, 0.3) is 5.91 Å². The first-order valence-corrected chi connectivity index (χ1v) is 5.88. The molecule has 1 aromatic carbocycles. The van der Waals surface area contributed by atoms with Crippen LogP contribution in [0.15, 0.2) is 17.7 Å². The van der Waals surface area contributed by atoms with Crippen molar-refractivity contribution in [3.63, 3.8) is 0 Å². The summed E-state index contributed by atoms with van der Waals surface area (Å²) in [6, 6.07) is 5.24. The standard InChI is InChI=1S/C14H14N2O2/c15-8-11(14(16)18)6-9-5-10-3-1-2-4-12(10)13(17)7-9/h5-7,17H,1-4H2,(H2,16,18)/b11-6-. The first kappa shape index (κ1) is 12.2. The van der Waals surface area contributed by atoms with E-state index in [9.17, 15) is 9.90 Å². The van der Waals surface area contributed by atoms with E-state index in [2.05, 4.69) is 0 Å². The number of primary amides is 1. The largest absolute Gasteiger partial charge is 0.508 e. The average Bonchev–Trinajstić information content (AvgIpc) is 2.35. The van der Waals surface area contributed by atoms with Crippen molar-refractivity contribution < 1.29 is 9.90 Å². The molecule has 1 aliphatic rings. The molecule has 1 aliphatic carbocycles. The van der Waals surface area contributed by atoms with Gasteiger partial charge in [0.2, 0.25) is 0 Å². The Hall–Kier alpha value is -2.28. The van der Waals surface area contributed by atoms with E-state index >= 15 is 0 Å². The SMILES string of the molecule is N#C/C(=C/c1cc(O)c2c(c1)CCCC2)C(N)=O. The van der Waals surface area contributed by atoms with Crippen LogP contribution in [0.25, 0.3) is 6.08 Å². The third-order valence-corrected chi connectivity index (χ3v) is 3.16. The number of benzene rings is 1. The molecule has 1 aromatic rings. The molecule has 0 aromatic heterocycles. The predicted molar refractivity (Wildman–Crippen MR) is 67.5 cm³/mol. The van der Waals surface area contributed by atoms with Gasteiger partial charge in [0.05, 0.1) is 0 Å². The Balaban J connectivity index is 2.45. The monoisotopic (exact) mass is 242 g/mol. The molecular weight excluding hydrogens is 228 g/mol. The molecule has 0 fully saturated rings. The molecule has 1 amide bonds. The number of aromatic hydroxyl groups is 1. The van der Waals surface area contributed by atoms with Gasteiger partial charge in [-0.2, -0.15) is 5.26 Å². The Morgan fingerprint density at radius 2 is 2.11 bits per heavy atom. The summed E-state index contributed by atoms with van der Waals surface area (Å²) >= 11 is 0. The third-order valence-electron chi connectivity index (χ3n) is 3.16. The van der Waals surface area contributed by atoms with Crippen LogP contribution in [-0.2, 0) is 17.6 Å². The number of phenolic OH excluding ortho intramolecular Hbond substituents is 1. The van der Waals surface area contributed by atoms with Crippen molar-refractivity contribution in [1.82, 2.24) is 0 Å². The summed E-state index contributed by atoms with van der Waals surface area (Å²) in [6.07, 6.45) is 5.40. The lowest BCUT2D eigenvalue weighted by molar-refractivity contribution is -0.114. The second kappa shape index (κ2) is 4.92. The first-order chi connectivity index (χ1) is 8.61. The van der Waals surface area contributed by atoms with Crippen LogP contribution in [-0.4, -0.2) is 11.0 Å². The molecule has 2 rings (SSSR count). The summed E-state index contributed by atoms with van der Waals surface area (Å²) in [4.78, 5) is 11.0. The van der Waals surface area contributed by atoms with Crippen molar-refractivity contribution in [3.05, 3.63) is 34.4 Å². The van der Waals surface area contributed by atoms with E-state index < -0.39 is 5.91 Å². The minimum absolute atomic E-state index is 0.106. The van der Waals surface area contributed by atoms with Gasteiger partial charge in [-0.15, -0.1) is 0 Å². The number of nitrogens with zero attached hydrogens (tertiary/aromatic N) is 1. The molecule has 0 radical (unpaired) electrons. The van der Waals surface area contributed by atoms with Crippen molar-refractivity contribution in [1.29, 1.82) is 5.26 Å². The molecule has 0 atom stereocenters. The van der Waals surface area contributed by atoms with E-state index in [0.29, 0.717) is 5.56 Å². The number of phenols is 1. The van der Waals surface area contributed by atoms with Gasteiger partial charge in [-0.3, -0.25) is 4.79 Å². The molecule has 18 heavy (non-hydrogen) atoms. The lowest BCUT2D eigenvalue weighted by atomic mass is 9.89. The number of nitriles is 1.